The molecule has 1 heterocycles. The predicted molar refractivity (Wildman–Crippen MR) is 126 cm³/mol. The lowest BCUT2D eigenvalue weighted by atomic mass is 10.0. The van der Waals surface area contributed by atoms with Gasteiger partial charge in [0.25, 0.3) is 0 Å². The van der Waals surface area contributed by atoms with E-state index in [1.54, 1.807) is 7.11 Å². The quantitative estimate of drug-likeness (QED) is 0.313. The summed E-state index contributed by atoms with van der Waals surface area (Å²) < 4.78 is 5.41. The van der Waals surface area contributed by atoms with Crippen molar-refractivity contribution in [1.29, 1.82) is 0 Å². The molecular weight excluding hydrogens is 475 g/mol. The van der Waals surface area contributed by atoms with E-state index in [0.717, 1.165) is 23.8 Å². The van der Waals surface area contributed by atoms with E-state index in [0.29, 0.717) is 17.6 Å². The van der Waals surface area contributed by atoms with Crippen molar-refractivity contribution in [2.75, 3.05) is 33.3 Å². The van der Waals surface area contributed by atoms with Crippen molar-refractivity contribution in [3.8, 4) is 5.75 Å². The minimum atomic E-state index is 0. The number of aliphatic imine (C=N–C) groups is 1. The average Bonchev–Trinajstić information content (AvgIpc) is 2.66. The largest absolute Gasteiger partial charge is 0.496 e. The Balaban J connectivity index is 0.00000364. The van der Waals surface area contributed by atoms with Crippen molar-refractivity contribution in [1.82, 2.24) is 15.5 Å². The zero-order valence-corrected chi connectivity index (χ0v) is 19.8. The average molecular weight is 509 g/mol. The van der Waals surface area contributed by atoms with E-state index in [-0.39, 0.29) is 24.0 Å². The third-order valence-corrected chi connectivity index (χ3v) is 4.99. The first kappa shape index (κ1) is 24.3. The summed E-state index contributed by atoms with van der Waals surface area (Å²) in [6.07, 6.45) is 4.89. The highest BCUT2D eigenvalue weighted by molar-refractivity contribution is 14.0. The fourth-order valence-electron chi connectivity index (χ4n) is 3.21. The van der Waals surface area contributed by atoms with Gasteiger partial charge in [0.05, 0.1) is 13.7 Å². The summed E-state index contributed by atoms with van der Waals surface area (Å²) in [5.41, 5.74) is 1.03. The first-order valence-electron chi connectivity index (χ1n) is 9.75. The molecule has 7 heteroatoms. The van der Waals surface area contributed by atoms with Gasteiger partial charge in [0.15, 0.2) is 5.96 Å². The molecule has 0 radical (unpaired) electrons. The van der Waals surface area contributed by atoms with Crippen LogP contribution in [0.4, 0.5) is 0 Å². The van der Waals surface area contributed by atoms with Crippen LogP contribution < -0.4 is 15.4 Å². The summed E-state index contributed by atoms with van der Waals surface area (Å²) in [5.74, 6) is 1.65. The van der Waals surface area contributed by atoms with Gasteiger partial charge in [0, 0.05) is 36.3 Å². The topological polar surface area (TPSA) is 48.9 Å². The van der Waals surface area contributed by atoms with Gasteiger partial charge in [-0.25, -0.2) is 4.99 Å². The number of ether oxygens (including phenoxy) is 1. The van der Waals surface area contributed by atoms with Crippen LogP contribution in [0.25, 0.3) is 0 Å². The molecule has 27 heavy (non-hydrogen) atoms. The zero-order valence-electron chi connectivity index (χ0n) is 16.8. The second kappa shape index (κ2) is 13.4. The number of guanidine groups is 1. The van der Waals surface area contributed by atoms with Crippen molar-refractivity contribution in [2.45, 2.75) is 52.1 Å². The molecule has 5 nitrogen and oxygen atoms in total. The smallest absolute Gasteiger partial charge is 0.191 e. The highest BCUT2D eigenvalue weighted by Crippen LogP contribution is 2.23. The first-order chi connectivity index (χ1) is 12.7. The zero-order chi connectivity index (χ0) is 18.8. The number of unbranched alkanes of at least 4 members (excludes halogenated alkanes) is 1. The lowest BCUT2D eigenvalue weighted by Gasteiger charge is -2.33. The fraction of sp³-hybridized carbons (Fsp3) is 0.650. The molecule has 0 aliphatic carbocycles. The molecule has 0 unspecified atom stereocenters. The molecule has 0 bridgehead atoms. The molecule has 1 aliphatic heterocycles. The van der Waals surface area contributed by atoms with Crippen molar-refractivity contribution in [3.63, 3.8) is 0 Å². The third kappa shape index (κ3) is 8.44. The van der Waals surface area contributed by atoms with Crippen LogP contribution in [-0.2, 0) is 6.54 Å². The first-order valence-corrected chi connectivity index (χ1v) is 10.1. The molecule has 0 saturated carbocycles. The van der Waals surface area contributed by atoms with Crippen LogP contribution in [0.15, 0.2) is 23.2 Å². The molecule has 1 fully saturated rings. The standard InChI is InChI=1S/C20H33ClN4O.HI/c1-4-6-11-25-12-9-18(10-13-25)24-20(22-5-2)23-15-16-7-8-17(21)14-19(16)26-3;/h7-8,14,18H,4-6,9-13,15H2,1-3H3,(H2,22,23,24);1H. The molecule has 2 N–H and O–H groups in total. The number of nitrogens with one attached hydrogen (secondary N) is 2. The van der Waals surface area contributed by atoms with E-state index in [9.17, 15) is 0 Å². The van der Waals surface area contributed by atoms with Gasteiger partial charge in [-0.1, -0.05) is 31.0 Å². The molecule has 0 aromatic heterocycles. The Bertz CT molecular complexity index is 577. The van der Waals surface area contributed by atoms with Crippen LogP contribution in [-0.4, -0.2) is 50.2 Å². The maximum absolute atomic E-state index is 6.04. The molecule has 0 amide bonds. The summed E-state index contributed by atoms with van der Waals surface area (Å²) >= 11 is 6.04. The number of nitrogens with zero attached hydrogens (tertiary/aromatic N) is 2. The Labute approximate surface area is 186 Å². The second-order valence-electron chi connectivity index (χ2n) is 6.77. The van der Waals surface area contributed by atoms with Crippen molar-refractivity contribution in [2.24, 2.45) is 4.99 Å². The number of hydrogen-bond acceptors (Lipinski definition) is 3. The number of halogens is 2. The van der Waals surface area contributed by atoms with Crippen LogP contribution in [0, 0.1) is 0 Å². The minimum Gasteiger partial charge on any atom is -0.496 e. The molecule has 2 rings (SSSR count). The molecule has 1 aromatic carbocycles. The van der Waals surface area contributed by atoms with Crippen LogP contribution >= 0.6 is 35.6 Å². The van der Waals surface area contributed by atoms with E-state index >= 15 is 0 Å². The second-order valence-corrected chi connectivity index (χ2v) is 7.20. The summed E-state index contributed by atoms with van der Waals surface area (Å²) in [6.45, 7) is 9.32. The van der Waals surface area contributed by atoms with E-state index < -0.39 is 0 Å². The SMILES string of the molecule is CCCCN1CCC(NC(=NCc2ccc(Cl)cc2OC)NCC)CC1.I. The summed E-state index contributed by atoms with van der Waals surface area (Å²) in [4.78, 5) is 7.32. The monoisotopic (exact) mass is 508 g/mol. The van der Waals surface area contributed by atoms with Crippen LogP contribution in [0.1, 0.15) is 45.1 Å². The Hall–Kier alpha value is -0.730. The van der Waals surface area contributed by atoms with Gasteiger partial charge in [-0.3, -0.25) is 0 Å². The number of methoxy groups -OCH3 is 1. The summed E-state index contributed by atoms with van der Waals surface area (Å²) in [5, 5.41) is 7.63. The molecule has 1 saturated heterocycles. The highest BCUT2D eigenvalue weighted by atomic mass is 127. The van der Waals surface area contributed by atoms with Crippen LogP contribution in [0.5, 0.6) is 5.75 Å². The molecule has 1 aliphatic rings. The number of rotatable bonds is 8. The van der Waals surface area contributed by atoms with Gasteiger partial charge in [0.1, 0.15) is 5.75 Å². The van der Waals surface area contributed by atoms with E-state index in [1.165, 1.54) is 45.3 Å². The molecule has 0 spiro atoms. The number of hydrogen-bond donors (Lipinski definition) is 2. The molecular formula is C20H34ClIN4O. The van der Waals surface area contributed by atoms with Crippen molar-refractivity contribution < 1.29 is 4.74 Å². The van der Waals surface area contributed by atoms with Gasteiger partial charge in [-0.15, -0.1) is 24.0 Å². The van der Waals surface area contributed by atoms with Gasteiger partial charge >= 0.3 is 0 Å². The maximum Gasteiger partial charge on any atom is 0.191 e. The Morgan fingerprint density at radius 1 is 1.30 bits per heavy atom. The fourth-order valence-corrected chi connectivity index (χ4v) is 3.37. The van der Waals surface area contributed by atoms with Gasteiger partial charge in [-0.05, 0) is 44.9 Å². The Morgan fingerprint density at radius 2 is 2.04 bits per heavy atom. The molecule has 1 aromatic rings. The minimum absolute atomic E-state index is 0. The Kier molecular flexibility index (Phi) is 12.1. The van der Waals surface area contributed by atoms with Crippen LogP contribution in [0.3, 0.4) is 0 Å². The normalized spacial score (nSPS) is 15.9. The third-order valence-electron chi connectivity index (χ3n) is 4.76. The number of likely N-dealkylation sites (tertiary alicyclic amines) is 1. The lowest BCUT2D eigenvalue weighted by Crippen LogP contribution is -2.48. The summed E-state index contributed by atoms with van der Waals surface area (Å²) in [7, 11) is 1.66. The molecule has 0 atom stereocenters. The van der Waals surface area contributed by atoms with Crippen LogP contribution in [0.2, 0.25) is 5.02 Å². The number of benzene rings is 1. The van der Waals surface area contributed by atoms with E-state index in [1.807, 2.05) is 18.2 Å². The van der Waals surface area contributed by atoms with Crippen molar-refractivity contribution >= 4 is 41.5 Å². The number of piperidine rings is 1. The predicted octanol–water partition coefficient (Wildman–Crippen LogP) is 4.29. The maximum atomic E-state index is 6.04. The molecule has 154 valence electrons. The highest BCUT2D eigenvalue weighted by Gasteiger charge is 2.19. The van der Waals surface area contributed by atoms with Gasteiger partial charge in [0.2, 0.25) is 0 Å². The van der Waals surface area contributed by atoms with E-state index in [2.05, 4.69) is 29.4 Å². The lowest BCUT2D eigenvalue weighted by molar-refractivity contribution is 0.203. The van der Waals surface area contributed by atoms with E-state index in [4.69, 9.17) is 21.3 Å². The summed E-state index contributed by atoms with van der Waals surface area (Å²) in [6, 6.07) is 6.17. The van der Waals surface area contributed by atoms with Crippen molar-refractivity contribution in [3.05, 3.63) is 28.8 Å². The van der Waals surface area contributed by atoms with Gasteiger partial charge < -0.3 is 20.3 Å². The van der Waals surface area contributed by atoms with Gasteiger partial charge in [-0.2, -0.15) is 0 Å². The Morgan fingerprint density at radius 3 is 2.67 bits per heavy atom.